The highest BCUT2D eigenvalue weighted by Crippen LogP contribution is 2.27. The zero-order chi connectivity index (χ0) is 55.6. The second-order valence-electron chi connectivity index (χ2n) is 17.8. The number of methoxy groups -OCH3 is 4. The molecule has 0 unspecified atom stereocenters. The Morgan fingerprint density at radius 1 is 0.547 bits per heavy atom. The molecule has 1 amide bonds. The number of carboxylic acids is 1. The molecule has 0 fully saturated rings. The number of hydrogen-bond donors (Lipinski definition) is 4. The van der Waals surface area contributed by atoms with Crippen molar-refractivity contribution in [2.24, 2.45) is 0 Å². The van der Waals surface area contributed by atoms with Crippen molar-refractivity contribution in [1.82, 2.24) is 38.4 Å². The number of sulfonamides is 2. The number of likely N-dealkylation sites (N-methyl/N-ethyl adjacent to an activating group) is 2. The molecule has 0 spiro atoms. The van der Waals surface area contributed by atoms with Gasteiger partial charge in [-0.25, -0.2) is 21.6 Å². The molecule has 0 aliphatic heterocycles. The number of aromatic nitrogens is 4. The summed E-state index contributed by atoms with van der Waals surface area (Å²) in [6, 6.07) is 31.3. The number of carbonyl (C=O) groups excluding carboxylic acids is 1. The molecular weight excluding hydrogens is 1010 g/mol. The van der Waals surface area contributed by atoms with Crippen molar-refractivity contribution in [1.29, 1.82) is 0 Å². The molecule has 0 atom stereocenters. The number of rotatable bonds is 24. The standard InChI is InChI=1S/C26H34N4O6S.C23H27N3O6S.C3H9NO/c1-26(2,25(32)28(3)16-17-31)30-15-14-24(27-30)37(33,34)29(18-20-6-10-22(35-4)11-7-20)19-21-8-12-23(36-5)13-9-21;1-23(2,22(27)28)26-14-13-21(24-26)33(29,30)25(15-17-5-9-19(31-3)10-6-17)16-18-7-11-20(32-4)12-8-18;1-4-2-3-5/h6-15,31H,16-19H2,1-5H3;5-14H,15-16H2,1-4H3,(H,27,28);4-5H,2-3H2,1H3. The van der Waals surface area contributed by atoms with Gasteiger partial charge in [-0.2, -0.15) is 18.8 Å². The lowest BCUT2D eigenvalue weighted by molar-refractivity contribution is -0.146. The van der Waals surface area contributed by atoms with Gasteiger partial charge in [-0.3, -0.25) is 14.2 Å². The summed E-state index contributed by atoms with van der Waals surface area (Å²) in [5.74, 6) is 1.25. The van der Waals surface area contributed by atoms with E-state index in [-0.39, 0.29) is 61.9 Å². The van der Waals surface area contributed by atoms with E-state index >= 15 is 0 Å². The first-order valence-electron chi connectivity index (χ1n) is 23.5. The number of nitrogens with one attached hydrogen (secondary N) is 1. The number of benzene rings is 4. The van der Waals surface area contributed by atoms with Gasteiger partial charge < -0.3 is 44.5 Å². The predicted octanol–water partition coefficient (Wildman–Crippen LogP) is 4.79. The van der Waals surface area contributed by atoms with E-state index in [0.717, 1.165) is 26.9 Å². The number of ether oxygens (including phenoxy) is 4. The molecular formula is C52H70N8O13S2. The minimum Gasteiger partial charge on any atom is -0.497 e. The maximum absolute atomic E-state index is 13.8. The Morgan fingerprint density at radius 2 is 0.853 bits per heavy atom. The van der Waals surface area contributed by atoms with Crippen LogP contribution in [0.3, 0.4) is 0 Å². The zero-order valence-corrected chi connectivity index (χ0v) is 45.7. The highest BCUT2D eigenvalue weighted by molar-refractivity contribution is 7.89. The van der Waals surface area contributed by atoms with Gasteiger partial charge in [0.1, 0.15) is 28.5 Å². The molecule has 75 heavy (non-hydrogen) atoms. The summed E-state index contributed by atoms with van der Waals surface area (Å²) in [5, 5.41) is 37.4. The third-order valence-corrected chi connectivity index (χ3v) is 15.1. The summed E-state index contributed by atoms with van der Waals surface area (Å²) < 4.78 is 80.6. The Kier molecular flexibility index (Phi) is 22.3. The van der Waals surface area contributed by atoms with Gasteiger partial charge in [0.15, 0.2) is 15.6 Å². The second kappa shape index (κ2) is 27.6. The first kappa shape index (κ1) is 60.7. The van der Waals surface area contributed by atoms with Crippen molar-refractivity contribution < 1.29 is 60.7 Å². The number of nitrogens with zero attached hydrogens (tertiary/aromatic N) is 7. The van der Waals surface area contributed by atoms with Crippen molar-refractivity contribution >= 4 is 31.9 Å². The summed E-state index contributed by atoms with van der Waals surface area (Å²) in [6.45, 7) is 7.50. The van der Waals surface area contributed by atoms with E-state index in [0.29, 0.717) is 29.5 Å². The quantitative estimate of drug-likeness (QED) is 0.0636. The second-order valence-corrected chi connectivity index (χ2v) is 21.6. The van der Waals surface area contributed by atoms with E-state index < -0.39 is 37.1 Å². The first-order chi connectivity index (χ1) is 35.5. The summed E-state index contributed by atoms with van der Waals surface area (Å²) in [7, 11) is 1.54. The van der Waals surface area contributed by atoms with Crippen LogP contribution in [0.15, 0.2) is 132 Å². The Hall–Kier alpha value is -6.86. The Labute approximate surface area is 439 Å². The van der Waals surface area contributed by atoms with E-state index in [1.807, 2.05) is 24.3 Å². The molecule has 408 valence electrons. The van der Waals surface area contributed by atoms with Gasteiger partial charge >= 0.3 is 5.97 Å². The fourth-order valence-electron chi connectivity index (χ4n) is 6.99. The molecule has 0 saturated carbocycles. The molecule has 4 N–H and O–H groups in total. The monoisotopic (exact) mass is 1080 g/mol. The Bertz CT molecular complexity index is 2850. The van der Waals surface area contributed by atoms with Crippen LogP contribution in [0.2, 0.25) is 0 Å². The molecule has 0 aliphatic rings. The summed E-state index contributed by atoms with van der Waals surface area (Å²) in [6.07, 6.45) is 2.84. The van der Waals surface area contributed by atoms with Gasteiger partial charge in [-0.05, 0) is 118 Å². The van der Waals surface area contributed by atoms with Gasteiger partial charge in [0.25, 0.3) is 20.0 Å². The lowest BCUT2D eigenvalue weighted by Crippen LogP contribution is -2.46. The van der Waals surface area contributed by atoms with E-state index in [9.17, 15) is 36.6 Å². The normalized spacial score (nSPS) is 11.8. The Balaban J connectivity index is 0.000000299. The summed E-state index contributed by atoms with van der Waals surface area (Å²) in [5.41, 5.74) is 0.521. The average molecular weight is 1080 g/mol. The first-order valence-corrected chi connectivity index (χ1v) is 26.4. The lowest BCUT2D eigenvalue weighted by atomic mass is 10.0. The minimum atomic E-state index is -4.05. The van der Waals surface area contributed by atoms with Crippen LogP contribution in [0.25, 0.3) is 0 Å². The number of aliphatic hydroxyl groups is 2. The molecule has 0 aliphatic carbocycles. The number of hydrogen-bond acceptors (Lipinski definition) is 15. The van der Waals surface area contributed by atoms with E-state index in [4.69, 9.17) is 24.1 Å². The van der Waals surface area contributed by atoms with Crippen LogP contribution < -0.4 is 24.3 Å². The number of aliphatic hydroxyl groups excluding tert-OH is 2. The van der Waals surface area contributed by atoms with Crippen LogP contribution in [-0.4, -0.2) is 146 Å². The Morgan fingerprint density at radius 3 is 1.09 bits per heavy atom. The van der Waals surface area contributed by atoms with Gasteiger partial charge in [-0.1, -0.05) is 48.5 Å². The smallest absolute Gasteiger partial charge is 0.331 e. The predicted molar refractivity (Wildman–Crippen MR) is 281 cm³/mol. The van der Waals surface area contributed by atoms with Crippen LogP contribution in [0.5, 0.6) is 23.0 Å². The van der Waals surface area contributed by atoms with Gasteiger partial charge in [0, 0.05) is 58.7 Å². The van der Waals surface area contributed by atoms with E-state index in [1.165, 1.54) is 56.6 Å². The van der Waals surface area contributed by atoms with Crippen LogP contribution in [0.1, 0.15) is 49.9 Å². The average Bonchev–Trinajstić information content (AvgIpc) is 4.14. The molecule has 0 saturated heterocycles. The van der Waals surface area contributed by atoms with Crippen LogP contribution in [0, 0.1) is 0 Å². The molecule has 0 radical (unpaired) electrons. The lowest BCUT2D eigenvalue weighted by Gasteiger charge is -2.29. The molecule has 23 heteroatoms. The fourth-order valence-corrected chi connectivity index (χ4v) is 9.65. The third kappa shape index (κ3) is 16.3. The van der Waals surface area contributed by atoms with Crippen LogP contribution in [-0.2, 0) is 66.9 Å². The fraction of sp³-hybridized carbons (Fsp3) is 0.385. The van der Waals surface area contributed by atoms with Gasteiger partial charge in [0.2, 0.25) is 5.91 Å². The van der Waals surface area contributed by atoms with Crippen LogP contribution >= 0.6 is 0 Å². The highest BCUT2D eigenvalue weighted by Gasteiger charge is 2.36. The number of amides is 1. The zero-order valence-electron chi connectivity index (χ0n) is 44.1. The molecule has 6 rings (SSSR count). The molecule has 6 aromatic rings. The van der Waals surface area contributed by atoms with Crippen molar-refractivity contribution in [3.05, 3.63) is 144 Å². The van der Waals surface area contributed by atoms with E-state index in [1.54, 1.807) is 129 Å². The molecule has 21 nitrogen and oxygen atoms in total. The molecule has 4 aromatic carbocycles. The number of carboxylic acid groups (broad SMARTS) is 1. The van der Waals surface area contributed by atoms with Gasteiger partial charge in [-0.15, -0.1) is 0 Å². The molecule has 2 aromatic heterocycles. The maximum Gasteiger partial charge on any atom is 0.331 e. The maximum atomic E-state index is 13.8. The third-order valence-electron chi connectivity index (χ3n) is 11.7. The SMILES string of the molecule is CNCCO.COc1ccc(CN(Cc2ccc(OC)cc2)S(=O)(=O)c2ccn(C(C)(C)C(=O)N(C)CCO)n2)cc1.COc1ccc(CN(Cc2ccc(OC)cc2)S(=O)(=O)c2ccn(C(C)(C)C(=O)O)n2)cc1. The van der Waals surface area contributed by atoms with Crippen molar-refractivity contribution in [3.8, 4) is 23.0 Å². The molecule has 0 bridgehead atoms. The summed E-state index contributed by atoms with van der Waals surface area (Å²) >= 11 is 0. The molecule has 2 heterocycles. The number of aliphatic carboxylic acids is 1. The van der Waals surface area contributed by atoms with Crippen LogP contribution in [0.4, 0.5) is 0 Å². The highest BCUT2D eigenvalue weighted by atomic mass is 32.2. The number of carbonyl (C=O) groups is 2. The van der Waals surface area contributed by atoms with E-state index in [2.05, 4.69) is 15.5 Å². The summed E-state index contributed by atoms with van der Waals surface area (Å²) in [4.78, 5) is 25.9. The largest absolute Gasteiger partial charge is 0.497 e. The van der Waals surface area contributed by atoms with Crippen molar-refractivity contribution in [2.75, 3.05) is 68.8 Å². The minimum absolute atomic E-state index is 0.0908. The van der Waals surface area contributed by atoms with Crippen molar-refractivity contribution in [3.63, 3.8) is 0 Å². The topological polar surface area (TPSA) is 257 Å². The van der Waals surface area contributed by atoms with Crippen molar-refractivity contribution in [2.45, 2.75) is 75.0 Å². The van der Waals surface area contributed by atoms with Gasteiger partial charge in [0.05, 0.1) is 41.7 Å².